The van der Waals surface area contributed by atoms with Crippen molar-refractivity contribution in [3.8, 4) is 0 Å². The Morgan fingerprint density at radius 2 is 2.50 bits per heavy atom. The van der Waals surface area contributed by atoms with Crippen LogP contribution in [-0.2, 0) is 6.42 Å². The van der Waals surface area contributed by atoms with Crippen LogP contribution in [-0.4, -0.2) is 6.54 Å². The quantitative estimate of drug-likeness (QED) is 0.727. The minimum Gasteiger partial charge on any atom is -0.466 e. The van der Waals surface area contributed by atoms with Crippen molar-refractivity contribution in [3.05, 3.63) is 23.2 Å². The second kappa shape index (κ2) is 2.94. The molecule has 2 rings (SSSR count). The second-order valence-electron chi connectivity index (χ2n) is 3.56. The first-order valence-corrected chi connectivity index (χ1v) is 4.60. The molecule has 1 heterocycles. The minimum atomic E-state index is 0.596. The van der Waals surface area contributed by atoms with Gasteiger partial charge in [-0.3, -0.25) is 0 Å². The fourth-order valence-electron chi connectivity index (χ4n) is 2.06. The molecule has 0 aliphatic heterocycles. The smallest absolute Gasteiger partial charge is 0.110 e. The predicted molar refractivity (Wildman–Crippen MR) is 48.2 cm³/mol. The first-order valence-electron chi connectivity index (χ1n) is 4.60. The fraction of sp³-hybridized carbons (Fsp3) is 0.600. The van der Waals surface area contributed by atoms with E-state index in [1.165, 1.54) is 24.2 Å². The summed E-state index contributed by atoms with van der Waals surface area (Å²) in [5, 5.41) is 0. The summed E-state index contributed by atoms with van der Waals surface area (Å²) in [5.41, 5.74) is 6.94. The summed E-state index contributed by atoms with van der Waals surface area (Å²) in [6.45, 7) is 2.78. The number of aryl methyl sites for hydroxylation is 2. The topological polar surface area (TPSA) is 39.2 Å². The maximum Gasteiger partial charge on any atom is 0.110 e. The van der Waals surface area contributed by atoms with E-state index in [4.69, 9.17) is 10.2 Å². The lowest BCUT2D eigenvalue weighted by atomic mass is 10.0. The zero-order valence-electron chi connectivity index (χ0n) is 7.47. The molecule has 66 valence electrons. The van der Waals surface area contributed by atoms with Gasteiger partial charge in [-0.1, -0.05) is 0 Å². The van der Waals surface area contributed by atoms with Gasteiger partial charge in [0.15, 0.2) is 0 Å². The van der Waals surface area contributed by atoms with E-state index in [1.807, 2.05) is 6.92 Å². The molecule has 0 fully saturated rings. The maximum absolute atomic E-state index is 5.64. The number of hydrogen-bond acceptors (Lipinski definition) is 2. The van der Waals surface area contributed by atoms with E-state index in [1.54, 1.807) is 0 Å². The summed E-state index contributed by atoms with van der Waals surface area (Å²) in [7, 11) is 0. The minimum absolute atomic E-state index is 0.596. The van der Waals surface area contributed by atoms with Gasteiger partial charge in [0.2, 0.25) is 0 Å². The molecule has 0 aromatic carbocycles. The van der Waals surface area contributed by atoms with Gasteiger partial charge in [-0.05, 0) is 44.4 Å². The van der Waals surface area contributed by atoms with Crippen molar-refractivity contribution in [2.24, 2.45) is 5.73 Å². The highest BCUT2D eigenvalue weighted by atomic mass is 16.3. The monoisotopic (exact) mass is 165 g/mol. The Labute approximate surface area is 72.7 Å². The first-order chi connectivity index (χ1) is 5.81. The average Bonchev–Trinajstić information content (AvgIpc) is 2.52. The van der Waals surface area contributed by atoms with E-state index < -0.39 is 0 Å². The molecule has 1 unspecified atom stereocenters. The van der Waals surface area contributed by atoms with Gasteiger partial charge in [-0.25, -0.2) is 0 Å². The molecule has 0 radical (unpaired) electrons. The lowest BCUT2D eigenvalue weighted by Crippen LogP contribution is -2.04. The molecule has 1 atom stereocenters. The molecule has 0 saturated heterocycles. The van der Waals surface area contributed by atoms with Crippen LogP contribution in [0.2, 0.25) is 0 Å². The maximum atomic E-state index is 5.64. The van der Waals surface area contributed by atoms with Gasteiger partial charge in [-0.15, -0.1) is 0 Å². The summed E-state index contributed by atoms with van der Waals surface area (Å²) >= 11 is 0. The van der Waals surface area contributed by atoms with Crippen LogP contribution < -0.4 is 5.73 Å². The Kier molecular flexibility index (Phi) is 1.93. The molecule has 2 heteroatoms. The molecule has 0 spiro atoms. The van der Waals surface area contributed by atoms with E-state index in [0.29, 0.717) is 5.92 Å². The van der Waals surface area contributed by atoms with Crippen LogP contribution >= 0.6 is 0 Å². The van der Waals surface area contributed by atoms with Gasteiger partial charge in [0.25, 0.3) is 0 Å². The molecular weight excluding hydrogens is 150 g/mol. The summed E-state index contributed by atoms with van der Waals surface area (Å²) < 4.78 is 5.64. The van der Waals surface area contributed by atoms with Crippen molar-refractivity contribution in [3.63, 3.8) is 0 Å². The Hall–Kier alpha value is -0.760. The molecule has 2 nitrogen and oxygen atoms in total. The zero-order valence-corrected chi connectivity index (χ0v) is 7.47. The van der Waals surface area contributed by atoms with Crippen LogP contribution in [0.15, 0.2) is 10.5 Å². The Balaban J connectivity index is 2.22. The summed E-state index contributed by atoms with van der Waals surface area (Å²) in [6.07, 6.45) is 3.48. The average molecular weight is 165 g/mol. The van der Waals surface area contributed by atoms with Gasteiger partial charge in [0, 0.05) is 5.92 Å². The van der Waals surface area contributed by atoms with Crippen LogP contribution in [0.4, 0.5) is 0 Å². The molecule has 1 aromatic heterocycles. The second-order valence-corrected chi connectivity index (χ2v) is 3.56. The summed E-state index contributed by atoms with van der Waals surface area (Å²) in [5.74, 6) is 2.85. The third kappa shape index (κ3) is 1.16. The molecular formula is C10H15NO. The first kappa shape index (κ1) is 7.87. The SMILES string of the molecule is Cc1cc2c(o1)C(CCN)CC2. The van der Waals surface area contributed by atoms with Gasteiger partial charge in [0.05, 0.1) is 0 Å². The fourth-order valence-corrected chi connectivity index (χ4v) is 2.06. The molecule has 1 aliphatic carbocycles. The molecule has 2 N–H and O–H groups in total. The molecule has 0 saturated carbocycles. The van der Waals surface area contributed by atoms with Crippen molar-refractivity contribution in [1.29, 1.82) is 0 Å². The van der Waals surface area contributed by atoms with Gasteiger partial charge >= 0.3 is 0 Å². The van der Waals surface area contributed by atoms with Crippen LogP contribution in [0.3, 0.4) is 0 Å². The molecule has 12 heavy (non-hydrogen) atoms. The van der Waals surface area contributed by atoms with Crippen molar-refractivity contribution >= 4 is 0 Å². The Morgan fingerprint density at radius 1 is 1.67 bits per heavy atom. The Morgan fingerprint density at radius 3 is 3.25 bits per heavy atom. The normalized spacial score (nSPS) is 21.3. The lowest BCUT2D eigenvalue weighted by molar-refractivity contribution is 0.438. The zero-order chi connectivity index (χ0) is 8.55. The van der Waals surface area contributed by atoms with E-state index in [2.05, 4.69) is 6.07 Å². The van der Waals surface area contributed by atoms with Crippen molar-refractivity contribution in [2.45, 2.75) is 32.1 Å². The number of fused-ring (bicyclic) bond motifs is 1. The standard InChI is InChI=1S/C10H15NO/c1-7-6-9-3-2-8(4-5-11)10(9)12-7/h6,8H,2-5,11H2,1H3. The lowest BCUT2D eigenvalue weighted by Gasteiger charge is -2.05. The number of furan rings is 1. The van der Waals surface area contributed by atoms with Crippen LogP contribution in [0.5, 0.6) is 0 Å². The number of nitrogens with two attached hydrogens (primary N) is 1. The molecule has 0 amide bonds. The van der Waals surface area contributed by atoms with Crippen molar-refractivity contribution < 1.29 is 4.42 Å². The van der Waals surface area contributed by atoms with Gasteiger partial charge in [-0.2, -0.15) is 0 Å². The van der Waals surface area contributed by atoms with Crippen LogP contribution in [0.1, 0.15) is 35.8 Å². The van der Waals surface area contributed by atoms with E-state index >= 15 is 0 Å². The van der Waals surface area contributed by atoms with E-state index in [9.17, 15) is 0 Å². The molecule has 1 aliphatic rings. The van der Waals surface area contributed by atoms with Crippen molar-refractivity contribution in [1.82, 2.24) is 0 Å². The van der Waals surface area contributed by atoms with E-state index in [-0.39, 0.29) is 0 Å². The highest BCUT2D eigenvalue weighted by Crippen LogP contribution is 2.36. The van der Waals surface area contributed by atoms with Gasteiger partial charge in [0.1, 0.15) is 11.5 Å². The Bertz CT molecular complexity index is 277. The summed E-state index contributed by atoms with van der Waals surface area (Å²) in [6, 6.07) is 2.16. The van der Waals surface area contributed by atoms with Gasteiger partial charge < -0.3 is 10.2 Å². The third-order valence-electron chi connectivity index (χ3n) is 2.61. The molecule has 0 bridgehead atoms. The largest absolute Gasteiger partial charge is 0.466 e. The third-order valence-corrected chi connectivity index (χ3v) is 2.61. The van der Waals surface area contributed by atoms with Crippen molar-refractivity contribution in [2.75, 3.05) is 6.54 Å². The van der Waals surface area contributed by atoms with Crippen LogP contribution in [0.25, 0.3) is 0 Å². The highest BCUT2D eigenvalue weighted by molar-refractivity contribution is 5.29. The summed E-state index contributed by atoms with van der Waals surface area (Å²) in [4.78, 5) is 0. The predicted octanol–water partition coefficient (Wildman–Crippen LogP) is 1.97. The number of hydrogen-bond donors (Lipinski definition) is 1. The van der Waals surface area contributed by atoms with E-state index in [0.717, 1.165) is 18.7 Å². The van der Waals surface area contributed by atoms with Crippen LogP contribution in [0, 0.1) is 6.92 Å². The molecule has 1 aromatic rings. The highest BCUT2D eigenvalue weighted by Gasteiger charge is 2.25. The number of rotatable bonds is 2.